The maximum atomic E-state index is 11.1. The summed E-state index contributed by atoms with van der Waals surface area (Å²) in [5.74, 6) is 0.787. The second-order valence-corrected chi connectivity index (χ2v) is 3.79. The zero-order valence-corrected chi connectivity index (χ0v) is 8.33. The largest absolute Gasteiger partial charge is 0.396 e. The summed E-state index contributed by atoms with van der Waals surface area (Å²) in [6.07, 6.45) is 2.71. The lowest BCUT2D eigenvalue weighted by atomic mass is 9.98. The van der Waals surface area contributed by atoms with E-state index in [-0.39, 0.29) is 0 Å². The number of piperidine rings is 1. The predicted octanol–water partition coefficient (Wildman–Crippen LogP) is 0.670. The minimum atomic E-state index is 0.301. The van der Waals surface area contributed by atoms with Gasteiger partial charge in [0, 0.05) is 13.0 Å². The van der Waals surface area contributed by atoms with Gasteiger partial charge in [-0.1, -0.05) is 6.92 Å². The fraction of sp³-hybridized carbons (Fsp3) is 0.900. The first-order valence-electron chi connectivity index (χ1n) is 5.11. The van der Waals surface area contributed by atoms with E-state index < -0.39 is 0 Å². The van der Waals surface area contributed by atoms with Crippen LogP contribution in [-0.4, -0.2) is 42.0 Å². The molecule has 1 aliphatic rings. The van der Waals surface area contributed by atoms with E-state index in [1.54, 1.807) is 0 Å². The van der Waals surface area contributed by atoms with Crippen LogP contribution in [0, 0.1) is 5.92 Å². The van der Waals surface area contributed by atoms with Crippen molar-refractivity contribution in [1.29, 1.82) is 0 Å². The number of likely N-dealkylation sites (tertiary alicyclic amines) is 1. The van der Waals surface area contributed by atoms with Crippen LogP contribution < -0.4 is 0 Å². The summed E-state index contributed by atoms with van der Waals surface area (Å²) >= 11 is 0. The first kappa shape index (κ1) is 10.7. The molecule has 1 aliphatic heterocycles. The molecule has 0 aromatic heterocycles. The van der Waals surface area contributed by atoms with Crippen LogP contribution in [0.4, 0.5) is 0 Å². The molecule has 0 aromatic carbocycles. The second-order valence-electron chi connectivity index (χ2n) is 3.79. The van der Waals surface area contributed by atoms with E-state index in [1.807, 2.05) is 6.92 Å². The Labute approximate surface area is 79.7 Å². The number of hydrogen-bond acceptors (Lipinski definition) is 3. The molecule has 1 rings (SSSR count). The summed E-state index contributed by atoms with van der Waals surface area (Å²) in [6.45, 7) is 4.75. The van der Waals surface area contributed by atoms with Gasteiger partial charge in [0.15, 0.2) is 0 Å². The third-order valence-corrected chi connectivity index (χ3v) is 2.76. The number of carbonyl (C=O) groups is 1. The van der Waals surface area contributed by atoms with Crippen molar-refractivity contribution in [1.82, 2.24) is 4.90 Å². The van der Waals surface area contributed by atoms with Crippen molar-refractivity contribution in [3.05, 3.63) is 0 Å². The topological polar surface area (TPSA) is 40.5 Å². The Balaban J connectivity index is 2.21. The number of ketones is 1. The number of rotatable bonds is 4. The smallest absolute Gasteiger partial charge is 0.146 e. The molecule has 1 fully saturated rings. The number of aliphatic hydroxyl groups is 1. The number of Topliss-reactive ketones (excluding diaryl/α,β-unsaturated/α-hetero) is 1. The van der Waals surface area contributed by atoms with Crippen LogP contribution in [0.3, 0.4) is 0 Å². The molecule has 13 heavy (non-hydrogen) atoms. The molecule has 0 amide bonds. The van der Waals surface area contributed by atoms with Gasteiger partial charge in [0.25, 0.3) is 0 Å². The van der Waals surface area contributed by atoms with Gasteiger partial charge in [0.2, 0.25) is 0 Å². The first-order valence-corrected chi connectivity index (χ1v) is 5.11. The maximum absolute atomic E-state index is 11.1. The van der Waals surface area contributed by atoms with E-state index in [9.17, 15) is 4.79 Å². The van der Waals surface area contributed by atoms with Crippen LogP contribution in [0.5, 0.6) is 0 Å². The minimum Gasteiger partial charge on any atom is -0.396 e. The van der Waals surface area contributed by atoms with Crippen molar-refractivity contribution in [3.63, 3.8) is 0 Å². The van der Waals surface area contributed by atoms with Crippen LogP contribution in [0.2, 0.25) is 0 Å². The number of aliphatic hydroxyl groups excluding tert-OH is 1. The number of nitrogens with zero attached hydrogens (tertiary/aromatic N) is 1. The molecule has 76 valence electrons. The van der Waals surface area contributed by atoms with Crippen LogP contribution in [0.15, 0.2) is 0 Å². The minimum absolute atomic E-state index is 0.301. The average Bonchev–Trinajstić information content (AvgIpc) is 2.19. The van der Waals surface area contributed by atoms with Crippen molar-refractivity contribution in [2.24, 2.45) is 5.92 Å². The zero-order chi connectivity index (χ0) is 9.68. The molecule has 3 heteroatoms. The van der Waals surface area contributed by atoms with Gasteiger partial charge in [-0.15, -0.1) is 0 Å². The van der Waals surface area contributed by atoms with Gasteiger partial charge < -0.3 is 5.11 Å². The van der Waals surface area contributed by atoms with Crippen LogP contribution in [0.1, 0.15) is 26.2 Å². The lowest BCUT2D eigenvalue weighted by Gasteiger charge is -2.30. The van der Waals surface area contributed by atoms with Crippen LogP contribution in [0.25, 0.3) is 0 Å². The van der Waals surface area contributed by atoms with E-state index in [4.69, 9.17) is 5.11 Å². The summed E-state index contributed by atoms with van der Waals surface area (Å²) in [5, 5.41) is 8.92. The van der Waals surface area contributed by atoms with Gasteiger partial charge in [0.1, 0.15) is 5.78 Å². The molecule has 1 saturated heterocycles. The lowest BCUT2D eigenvalue weighted by molar-refractivity contribution is -0.120. The van der Waals surface area contributed by atoms with Crippen molar-refractivity contribution in [2.75, 3.05) is 26.2 Å². The fourth-order valence-electron chi connectivity index (χ4n) is 1.69. The average molecular weight is 185 g/mol. The van der Waals surface area contributed by atoms with Gasteiger partial charge >= 0.3 is 0 Å². The van der Waals surface area contributed by atoms with Crippen LogP contribution in [-0.2, 0) is 4.79 Å². The number of hydrogen-bond donors (Lipinski definition) is 1. The molecule has 0 spiro atoms. The molecule has 0 aliphatic carbocycles. The molecule has 0 atom stereocenters. The summed E-state index contributed by atoms with van der Waals surface area (Å²) in [7, 11) is 0. The molecule has 1 heterocycles. The molecular weight excluding hydrogens is 166 g/mol. The number of carbonyl (C=O) groups excluding carboxylic acids is 1. The Morgan fingerprint density at radius 3 is 2.54 bits per heavy atom. The highest BCUT2D eigenvalue weighted by Crippen LogP contribution is 2.15. The summed E-state index contributed by atoms with van der Waals surface area (Å²) in [4.78, 5) is 13.3. The molecule has 0 saturated carbocycles. The molecular formula is C10H19NO2. The van der Waals surface area contributed by atoms with E-state index in [0.29, 0.717) is 31.3 Å². The molecule has 0 radical (unpaired) electrons. The van der Waals surface area contributed by atoms with Gasteiger partial charge in [-0.25, -0.2) is 0 Å². The fourth-order valence-corrected chi connectivity index (χ4v) is 1.69. The summed E-state index contributed by atoms with van der Waals surface area (Å²) in [5.41, 5.74) is 0. The summed E-state index contributed by atoms with van der Waals surface area (Å²) < 4.78 is 0. The highest BCUT2D eigenvalue weighted by molar-refractivity contribution is 5.80. The van der Waals surface area contributed by atoms with Crippen molar-refractivity contribution < 1.29 is 9.90 Å². The molecule has 1 N–H and O–H groups in total. The second kappa shape index (κ2) is 5.35. The lowest BCUT2D eigenvalue weighted by Crippen LogP contribution is -2.37. The zero-order valence-electron chi connectivity index (χ0n) is 8.33. The standard InChI is InChI=1S/C10H19NO2/c1-2-10(13)7-11-5-3-9(8-12)4-6-11/h9,12H,2-8H2,1H3. The monoisotopic (exact) mass is 185 g/mol. The SMILES string of the molecule is CCC(=O)CN1CCC(CO)CC1. The van der Waals surface area contributed by atoms with Crippen molar-refractivity contribution in [2.45, 2.75) is 26.2 Å². The van der Waals surface area contributed by atoms with Gasteiger partial charge in [-0.3, -0.25) is 9.69 Å². The third-order valence-electron chi connectivity index (χ3n) is 2.76. The van der Waals surface area contributed by atoms with Crippen LogP contribution >= 0.6 is 0 Å². The first-order chi connectivity index (χ1) is 6.26. The summed E-state index contributed by atoms with van der Waals surface area (Å²) in [6, 6.07) is 0. The normalized spacial score (nSPS) is 20.5. The maximum Gasteiger partial charge on any atom is 0.146 e. The predicted molar refractivity (Wildman–Crippen MR) is 51.5 cm³/mol. The van der Waals surface area contributed by atoms with Crippen molar-refractivity contribution in [3.8, 4) is 0 Å². The van der Waals surface area contributed by atoms with Gasteiger partial charge in [-0.05, 0) is 31.8 Å². The van der Waals surface area contributed by atoms with E-state index in [2.05, 4.69) is 4.90 Å². The molecule has 0 unspecified atom stereocenters. The van der Waals surface area contributed by atoms with E-state index >= 15 is 0 Å². The van der Waals surface area contributed by atoms with Crippen molar-refractivity contribution >= 4 is 5.78 Å². The van der Waals surface area contributed by atoms with E-state index in [0.717, 1.165) is 25.9 Å². The molecule has 0 aromatic rings. The molecule has 0 bridgehead atoms. The molecule has 3 nitrogen and oxygen atoms in total. The quantitative estimate of drug-likeness (QED) is 0.700. The highest BCUT2D eigenvalue weighted by atomic mass is 16.3. The van der Waals surface area contributed by atoms with Gasteiger partial charge in [-0.2, -0.15) is 0 Å². The Bertz CT molecular complexity index is 162. The Morgan fingerprint density at radius 2 is 2.08 bits per heavy atom. The Hall–Kier alpha value is -0.410. The van der Waals surface area contributed by atoms with E-state index in [1.165, 1.54) is 0 Å². The Morgan fingerprint density at radius 1 is 1.46 bits per heavy atom. The third kappa shape index (κ3) is 3.44. The highest BCUT2D eigenvalue weighted by Gasteiger charge is 2.19. The Kier molecular flexibility index (Phi) is 4.39. The van der Waals surface area contributed by atoms with Gasteiger partial charge in [0.05, 0.1) is 6.54 Å².